The van der Waals surface area contributed by atoms with Crippen molar-refractivity contribution in [2.75, 3.05) is 6.61 Å². The van der Waals surface area contributed by atoms with Crippen LogP contribution in [0.3, 0.4) is 0 Å². The van der Waals surface area contributed by atoms with E-state index in [-0.39, 0.29) is 12.1 Å². The second-order valence-corrected chi connectivity index (χ2v) is 8.41. The van der Waals surface area contributed by atoms with E-state index in [2.05, 4.69) is 13.8 Å². The fourth-order valence-corrected chi connectivity index (χ4v) is 3.40. The third kappa shape index (κ3) is 10.1. The van der Waals surface area contributed by atoms with Crippen molar-refractivity contribution < 1.29 is 23.8 Å². The lowest BCUT2D eigenvalue weighted by molar-refractivity contribution is 0.0319. The minimum atomic E-state index is -0.458. The van der Waals surface area contributed by atoms with Crippen molar-refractivity contribution in [1.82, 2.24) is 0 Å². The summed E-state index contributed by atoms with van der Waals surface area (Å²) in [5.74, 6) is 0.299. The van der Waals surface area contributed by atoms with E-state index in [0.717, 1.165) is 37.9 Å². The van der Waals surface area contributed by atoms with Gasteiger partial charge in [-0.25, -0.2) is 9.59 Å². The molecule has 0 heterocycles. The molecule has 5 nitrogen and oxygen atoms in total. The van der Waals surface area contributed by atoms with Crippen LogP contribution < -0.4 is 9.47 Å². The molecule has 0 unspecified atom stereocenters. The van der Waals surface area contributed by atoms with Crippen LogP contribution >= 0.6 is 0 Å². The predicted molar refractivity (Wildman–Crippen MR) is 131 cm³/mol. The highest BCUT2D eigenvalue weighted by molar-refractivity contribution is 5.92. The number of benzene rings is 2. The fraction of sp³-hybridized carbons (Fsp3) is 0.500. The van der Waals surface area contributed by atoms with E-state index in [4.69, 9.17) is 14.2 Å². The fourth-order valence-electron chi connectivity index (χ4n) is 3.40. The lowest BCUT2D eigenvalue weighted by Crippen LogP contribution is -2.15. The van der Waals surface area contributed by atoms with Gasteiger partial charge in [-0.1, -0.05) is 52.4 Å². The molecular weight excluding hydrogens is 416 g/mol. The Kier molecular flexibility index (Phi) is 12.1. The first-order valence-corrected chi connectivity index (χ1v) is 12.3. The van der Waals surface area contributed by atoms with E-state index < -0.39 is 5.97 Å². The van der Waals surface area contributed by atoms with Gasteiger partial charge >= 0.3 is 11.9 Å². The Bertz CT molecular complexity index is 826. The summed E-state index contributed by atoms with van der Waals surface area (Å²) < 4.78 is 16.6. The molecule has 0 aliphatic carbocycles. The lowest BCUT2D eigenvalue weighted by atomic mass is 10.1. The van der Waals surface area contributed by atoms with E-state index in [1.165, 1.54) is 25.7 Å². The van der Waals surface area contributed by atoms with E-state index in [9.17, 15) is 9.59 Å². The Morgan fingerprint density at radius 2 is 1.24 bits per heavy atom. The minimum absolute atomic E-state index is 0.116. The maximum absolute atomic E-state index is 12.4. The van der Waals surface area contributed by atoms with Gasteiger partial charge in [-0.2, -0.15) is 0 Å². The van der Waals surface area contributed by atoms with Gasteiger partial charge in [0, 0.05) is 0 Å². The van der Waals surface area contributed by atoms with Gasteiger partial charge < -0.3 is 14.2 Å². The molecule has 0 aliphatic heterocycles. The van der Waals surface area contributed by atoms with Gasteiger partial charge in [-0.15, -0.1) is 0 Å². The summed E-state index contributed by atoms with van der Waals surface area (Å²) in [7, 11) is 0. The molecule has 5 heteroatoms. The molecular formula is C28H38O5. The number of hydrogen-bond donors (Lipinski definition) is 0. The molecule has 0 saturated carbocycles. The summed E-state index contributed by atoms with van der Waals surface area (Å²) in [6.45, 7) is 6.95. The van der Waals surface area contributed by atoms with Crippen molar-refractivity contribution in [3.05, 3.63) is 59.7 Å². The normalized spacial score (nSPS) is 11.6. The zero-order chi connectivity index (χ0) is 23.9. The topological polar surface area (TPSA) is 61.8 Å². The molecule has 0 fully saturated rings. The number of unbranched alkanes of at least 4 members (excludes halogenated alkanes) is 6. The second kappa shape index (κ2) is 15.1. The minimum Gasteiger partial charge on any atom is -0.494 e. The Morgan fingerprint density at radius 1 is 0.697 bits per heavy atom. The van der Waals surface area contributed by atoms with Crippen LogP contribution in [0.25, 0.3) is 0 Å². The smallest absolute Gasteiger partial charge is 0.343 e. The van der Waals surface area contributed by atoms with Crippen LogP contribution in [0.1, 0.15) is 99.3 Å². The number of esters is 2. The van der Waals surface area contributed by atoms with Gasteiger partial charge in [0.05, 0.1) is 23.8 Å². The second-order valence-electron chi connectivity index (χ2n) is 8.41. The van der Waals surface area contributed by atoms with Gasteiger partial charge in [0.2, 0.25) is 0 Å². The molecule has 0 saturated heterocycles. The highest BCUT2D eigenvalue weighted by Gasteiger charge is 2.13. The van der Waals surface area contributed by atoms with Crippen LogP contribution in [-0.4, -0.2) is 24.6 Å². The standard InChI is InChI=1S/C28H38O5/c1-4-6-8-10-12-22(3)32-27(29)23-15-19-26(20-16-23)33-28(30)24-13-17-25(18-14-24)31-21-11-9-7-5-2/h13-20,22H,4-12,21H2,1-3H3/t22-/m1/s1. The molecule has 180 valence electrons. The largest absolute Gasteiger partial charge is 0.494 e. The van der Waals surface area contributed by atoms with Gasteiger partial charge in [-0.3, -0.25) is 0 Å². The van der Waals surface area contributed by atoms with Gasteiger partial charge in [0.15, 0.2) is 0 Å². The molecule has 0 N–H and O–H groups in total. The molecule has 1 atom stereocenters. The van der Waals surface area contributed by atoms with Crippen LogP contribution in [0.2, 0.25) is 0 Å². The summed E-state index contributed by atoms with van der Waals surface area (Å²) in [5, 5.41) is 0. The molecule has 0 aliphatic rings. The third-order valence-electron chi connectivity index (χ3n) is 5.43. The van der Waals surface area contributed by atoms with Crippen molar-refractivity contribution in [2.24, 2.45) is 0 Å². The predicted octanol–water partition coefficient (Wildman–Crippen LogP) is 7.38. The number of carbonyl (C=O) groups excluding carboxylic acids is 2. The van der Waals surface area contributed by atoms with Gasteiger partial charge in [0.25, 0.3) is 0 Å². The summed E-state index contributed by atoms with van der Waals surface area (Å²) >= 11 is 0. The molecule has 0 amide bonds. The number of carbonyl (C=O) groups is 2. The first kappa shape index (κ1) is 26.4. The Labute approximate surface area is 198 Å². The summed E-state index contributed by atoms with van der Waals surface area (Å²) in [4.78, 5) is 24.7. The van der Waals surface area contributed by atoms with Crippen molar-refractivity contribution in [2.45, 2.75) is 84.7 Å². The van der Waals surface area contributed by atoms with Crippen LogP contribution in [-0.2, 0) is 4.74 Å². The van der Waals surface area contributed by atoms with Crippen molar-refractivity contribution >= 4 is 11.9 Å². The lowest BCUT2D eigenvalue weighted by Gasteiger charge is -2.13. The maximum atomic E-state index is 12.4. The molecule has 0 radical (unpaired) electrons. The monoisotopic (exact) mass is 454 g/mol. The average Bonchev–Trinajstić information content (AvgIpc) is 2.82. The molecule has 0 spiro atoms. The third-order valence-corrected chi connectivity index (χ3v) is 5.43. The van der Waals surface area contributed by atoms with E-state index >= 15 is 0 Å². The zero-order valence-electron chi connectivity index (χ0n) is 20.3. The molecule has 33 heavy (non-hydrogen) atoms. The molecule has 0 aromatic heterocycles. The zero-order valence-corrected chi connectivity index (χ0v) is 20.3. The van der Waals surface area contributed by atoms with E-state index in [1.54, 1.807) is 48.5 Å². The summed E-state index contributed by atoms with van der Waals surface area (Å²) in [5.41, 5.74) is 0.879. The average molecular weight is 455 g/mol. The highest BCUT2D eigenvalue weighted by atomic mass is 16.5. The van der Waals surface area contributed by atoms with Crippen molar-refractivity contribution in [1.29, 1.82) is 0 Å². The van der Waals surface area contributed by atoms with E-state index in [0.29, 0.717) is 23.5 Å². The Hall–Kier alpha value is -2.82. The maximum Gasteiger partial charge on any atom is 0.343 e. The molecule has 2 aromatic carbocycles. The Balaban J connectivity index is 1.79. The first-order chi connectivity index (χ1) is 16.0. The van der Waals surface area contributed by atoms with Crippen molar-refractivity contribution in [3.8, 4) is 11.5 Å². The van der Waals surface area contributed by atoms with Crippen LogP contribution in [0, 0.1) is 0 Å². The van der Waals surface area contributed by atoms with Crippen LogP contribution in [0.4, 0.5) is 0 Å². The quantitative estimate of drug-likeness (QED) is 0.160. The highest BCUT2D eigenvalue weighted by Crippen LogP contribution is 2.18. The number of rotatable bonds is 15. The number of ether oxygens (including phenoxy) is 3. The molecule has 0 bridgehead atoms. The SMILES string of the molecule is CCCCCCOc1ccc(C(=O)Oc2ccc(C(=O)O[C@H](C)CCCCCC)cc2)cc1. The molecule has 2 rings (SSSR count). The summed E-state index contributed by atoms with van der Waals surface area (Å²) in [6.07, 6.45) is 9.96. The summed E-state index contributed by atoms with van der Waals surface area (Å²) in [6, 6.07) is 13.4. The van der Waals surface area contributed by atoms with Crippen LogP contribution in [0.15, 0.2) is 48.5 Å². The number of hydrogen-bond acceptors (Lipinski definition) is 5. The first-order valence-electron chi connectivity index (χ1n) is 12.3. The van der Waals surface area contributed by atoms with E-state index in [1.807, 2.05) is 6.92 Å². The van der Waals surface area contributed by atoms with Gasteiger partial charge in [0.1, 0.15) is 11.5 Å². The molecule has 2 aromatic rings. The van der Waals surface area contributed by atoms with Gasteiger partial charge in [-0.05, 0) is 74.7 Å². The van der Waals surface area contributed by atoms with Crippen LogP contribution in [0.5, 0.6) is 11.5 Å². The Morgan fingerprint density at radius 3 is 1.85 bits per heavy atom. The van der Waals surface area contributed by atoms with Crippen molar-refractivity contribution in [3.63, 3.8) is 0 Å².